The Morgan fingerprint density at radius 3 is 1.64 bits per heavy atom. The first-order valence-corrected chi connectivity index (χ1v) is 38.0. The van der Waals surface area contributed by atoms with E-state index in [1.807, 2.05) is 18.2 Å². The van der Waals surface area contributed by atoms with Crippen LogP contribution in [0.3, 0.4) is 0 Å². The van der Waals surface area contributed by atoms with Crippen molar-refractivity contribution in [3.05, 3.63) is 71.6 Å². The third-order valence-electron chi connectivity index (χ3n) is 18.7. The van der Waals surface area contributed by atoms with E-state index in [-0.39, 0.29) is 122 Å². The molecule has 592 valence electrons. The molecule has 0 aromatic heterocycles. The molecule has 0 radical (unpaired) electrons. The highest BCUT2D eigenvalue weighted by Crippen LogP contribution is 2.42. The van der Waals surface area contributed by atoms with Crippen molar-refractivity contribution in [2.75, 3.05) is 103 Å². The highest BCUT2D eigenvalue weighted by molar-refractivity contribution is 6.09. The van der Waals surface area contributed by atoms with Gasteiger partial charge < -0.3 is 101 Å². The average Bonchev–Trinajstić information content (AvgIpc) is 1.73. The van der Waals surface area contributed by atoms with Gasteiger partial charge in [-0.05, 0) is 192 Å². The van der Waals surface area contributed by atoms with Gasteiger partial charge in [0.2, 0.25) is 52.6 Å². The average molecular weight is 1500 g/mol. The van der Waals surface area contributed by atoms with Crippen LogP contribution in [0, 0.1) is 5.92 Å². The molecule has 0 saturated carbocycles. The van der Waals surface area contributed by atoms with Gasteiger partial charge >= 0.3 is 6.09 Å². The van der Waals surface area contributed by atoms with Crippen LogP contribution in [0.2, 0.25) is 0 Å². The number of carbonyl (C=O) groups is 10. The highest BCUT2D eigenvalue weighted by atomic mass is 16.6. The van der Waals surface area contributed by atoms with Crippen LogP contribution in [-0.2, 0) is 47.8 Å². The highest BCUT2D eigenvalue weighted by Gasteiger charge is 2.39. The summed E-state index contributed by atoms with van der Waals surface area (Å²) in [5.41, 5.74) is 44.5. The Labute approximate surface area is 628 Å². The molecule has 2 aromatic carbocycles. The number of anilines is 1. The first kappa shape index (κ1) is 88.1. The van der Waals surface area contributed by atoms with Crippen molar-refractivity contribution in [1.29, 1.82) is 0 Å². The summed E-state index contributed by atoms with van der Waals surface area (Å²) in [4.78, 5) is 146. The number of fused-ring (bicyclic) bond motifs is 2. The van der Waals surface area contributed by atoms with E-state index in [0.717, 1.165) is 59.3 Å². The number of amides is 10. The van der Waals surface area contributed by atoms with Crippen LogP contribution in [-0.4, -0.2) is 211 Å². The molecule has 0 bridgehead atoms. The molecule has 2 aliphatic heterocycles. The second-order valence-corrected chi connectivity index (χ2v) is 26.9. The molecule has 0 spiro atoms. The number of ether oxygens (including phenoxy) is 2. The Balaban J connectivity index is 1.25. The molecule has 0 unspecified atom stereocenters. The van der Waals surface area contributed by atoms with Gasteiger partial charge in [-0.2, -0.15) is 0 Å². The molecule has 1 fully saturated rings. The molecular formula is C75H120N19O13+. The molecule has 10 amide bonds. The molecule has 32 heteroatoms. The summed E-state index contributed by atoms with van der Waals surface area (Å²) in [6, 6.07) is 11.4. The Kier molecular flexibility index (Phi) is 38.9. The van der Waals surface area contributed by atoms with Crippen LogP contribution >= 0.6 is 0 Å². The smallest absolute Gasteiger partial charge is 0.410 e. The maximum Gasteiger partial charge on any atom is 0.410 e. The number of likely N-dealkylation sites (tertiary alicyclic amines) is 1. The monoisotopic (exact) mass is 1490 g/mol. The molecule has 32 nitrogen and oxygen atoms in total. The molecule has 22 N–H and O–H groups in total. The van der Waals surface area contributed by atoms with Gasteiger partial charge in [0.1, 0.15) is 73.3 Å². The first-order valence-electron chi connectivity index (χ1n) is 38.0. The van der Waals surface area contributed by atoms with Gasteiger partial charge in [0.05, 0.1) is 25.8 Å². The Morgan fingerprint density at radius 1 is 0.598 bits per heavy atom. The Hall–Kier alpha value is -9.50. The number of nitrogens with two attached hydrogens (primary N) is 7. The van der Waals surface area contributed by atoms with Crippen LogP contribution in [0.4, 0.5) is 10.5 Å². The van der Waals surface area contributed by atoms with Crippen LogP contribution in [0.25, 0.3) is 33.4 Å². The fourth-order valence-electron chi connectivity index (χ4n) is 12.8. The number of unbranched alkanes of at least 4 members (excludes halogenated alkanes) is 4. The van der Waals surface area contributed by atoms with Crippen LogP contribution < -0.4 is 97.5 Å². The largest absolute Gasteiger partial charge is 0.456 e. The molecule has 5 rings (SSSR count). The van der Waals surface area contributed by atoms with Gasteiger partial charge in [-0.3, -0.25) is 53.0 Å². The van der Waals surface area contributed by atoms with Gasteiger partial charge in [0.25, 0.3) is 5.91 Å². The number of hydrogen-bond acceptors (Lipinski definition) is 19. The summed E-state index contributed by atoms with van der Waals surface area (Å²) in [6.45, 7) is 16.0. The number of hydrogen-bond donors (Lipinski definition) is 15. The first-order chi connectivity index (χ1) is 51.5. The summed E-state index contributed by atoms with van der Waals surface area (Å²) < 4.78 is 20.4. The quantitative estimate of drug-likeness (QED) is 0.00962. The van der Waals surface area contributed by atoms with Crippen molar-refractivity contribution < 1.29 is 61.8 Å². The van der Waals surface area contributed by atoms with E-state index in [1.165, 1.54) is 4.90 Å². The number of rotatable bonds is 49. The Morgan fingerprint density at radius 2 is 1.13 bits per heavy atom. The minimum absolute atomic E-state index is 0.0212. The zero-order valence-electron chi connectivity index (χ0n) is 63.5. The van der Waals surface area contributed by atoms with E-state index in [2.05, 4.69) is 121 Å². The van der Waals surface area contributed by atoms with Crippen molar-refractivity contribution in [2.45, 2.75) is 187 Å². The number of primary amides is 1. The summed E-state index contributed by atoms with van der Waals surface area (Å²) >= 11 is 0. The molecule has 2 heterocycles. The number of nitrogens with one attached hydrogen (secondary N) is 8. The fraction of sp³-hybridized carbons (Fsp3) is 0.600. The van der Waals surface area contributed by atoms with Gasteiger partial charge in [0, 0.05) is 72.6 Å². The van der Waals surface area contributed by atoms with E-state index < -0.39 is 108 Å². The summed E-state index contributed by atoms with van der Waals surface area (Å²) in [7, 11) is 0. The molecule has 1 saturated heterocycles. The molecular weight excluding hydrogens is 1370 g/mol. The lowest BCUT2D eigenvalue weighted by atomic mass is 9.90. The molecule has 2 aromatic rings. The maximum atomic E-state index is 14.6. The molecule has 3 aliphatic rings. The Bertz CT molecular complexity index is 3610. The summed E-state index contributed by atoms with van der Waals surface area (Å²) in [6.07, 6.45) is 3.78. The third-order valence-corrected chi connectivity index (χ3v) is 18.7. The van der Waals surface area contributed by atoms with Crippen molar-refractivity contribution in [3.8, 4) is 22.5 Å². The molecule has 1 aliphatic carbocycles. The van der Waals surface area contributed by atoms with E-state index in [0.29, 0.717) is 74.7 Å². The number of aliphatic imine (C=N–C) groups is 1. The molecule has 7 atom stereocenters. The van der Waals surface area contributed by atoms with Crippen molar-refractivity contribution in [3.63, 3.8) is 0 Å². The minimum Gasteiger partial charge on any atom is -0.456 e. The second kappa shape index (κ2) is 47.2. The predicted octanol–water partition coefficient (Wildman–Crippen LogP) is 0.946. The second-order valence-electron chi connectivity index (χ2n) is 26.9. The molecule has 107 heavy (non-hydrogen) atoms. The van der Waals surface area contributed by atoms with Gasteiger partial charge in [-0.1, -0.05) is 32.0 Å². The van der Waals surface area contributed by atoms with E-state index >= 15 is 0 Å². The van der Waals surface area contributed by atoms with E-state index in [1.54, 1.807) is 19.9 Å². The van der Waals surface area contributed by atoms with Crippen LogP contribution in [0.15, 0.2) is 70.1 Å². The maximum absolute atomic E-state index is 14.6. The minimum atomic E-state index is -1.34. The third kappa shape index (κ3) is 28.0. The number of guanidine groups is 1. The SMILES string of the molecule is CCN(CC)c1ccc2c(-c3ccccc3C(=O)NCCOCCOC(=O)N3CCC[C@H]3C(=O)N[C@@H](CCCCN)C(=O)N[C@@H](CCCCN)C(=O)N[C@@H](CCCCN)C(=O)N[C@@H](CCCN=C(N)N)C(=O)N[C@@H](CCCCN)C(=O)N[C@H](C(=O)NCC(N)=O)C(C)C)c3ccc(=[N+](CC)CC)cc-3oc2c1. The van der Waals surface area contributed by atoms with Gasteiger partial charge in [-0.25, -0.2) is 9.37 Å². The van der Waals surface area contributed by atoms with Crippen molar-refractivity contribution in [2.24, 2.45) is 51.0 Å². The van der Waals surface area contributed by atoms with Crippen molar-refractivity contribution in [1.82, 2.24) is 52.0 Å². The van der Waals surface area contributed by atoms with Gasteiger partial charge in [0.15, 0.2) is 5.96 Å². The van der Waals surface area contributed by atoms with E-state index in [4.69, 9.17) is 54.0 Å². The number of carbonyl (C=O) groups excluding carboxylic acids is 10. The van der Waals surface area contributed by atoms with Crippen molar-refractivity contribution >= 4 is 81.9 Å². The standard InChI is InChI=1S/C75H119N19O13/c1-7-92(8-2)49-31-33-53-61(45-49)107-62-46-50(93(9-3)10-4)32-34-54(62)64(53)51-23-11-12-24-52(51)66(96)83-40-42-105-43-44-106-75(104)94-41-22-30-60(94)72(102)90-57(27-15-19-37-78)69(99)87-55(25-13-17-35-76)67(97)86-56(26-14-18-36-77)68(98)89-59(29-21-39-84-74(81)82)70(100)88-58(28-16-20-38-79)71(101)91-65(48(5)6)73(103)85-47-63(80)95/h11-12,23-24,31-34,45-46,48,55-60,65H,7-10,13-22,25-30,35-44,47,76-79H2,1-6H3,(H13-,80,81,82,83,84,85,86,87,88,89,90,91,95,96,97,98,99,100,101,102,103)/p+1/t55-,56-,57-,58-,59-,60-,65-/m0/s1. The lowest BCUT2D eigenvalue weighted by molar-refractivity contribution is -0.136. The van der Waals surface area contributed by atoms with Crippen LogP contribution in [0.5, 0.6) is 0 Å². The fourth-order valence-corrected chi connectivity index (χ4v) is 12.8. The summed E-state index contributed by atoms with van der Waals surface area (Å²) in [5, 5.41) is 23.9. The van der Waals surface area contributed by atoms with E-state index in [9.17, 15) is 47.9 Å². The normalized spacial score (nSPS) is 14.3. The topological polar surface area (TPSA) is 503 Å². The predicted molar refractivity (Wildman–Crippen MR) is 413 cm³/mol. The number of nitrogens with zero attached hydrogens (tertiary/aromatic N) is 4. The van der Waals surface area contributed by atoms with Crippen LogP contribution in [0.1, 0.15) is 155 Å². The lowest BCUT2D eigenvalue weighted by Gasteiger charge is -2.29. The zero-order valence-corrected chi connectivity index (χ0v) is 63.5. The zero-order chi connectivity index (χ0) is 78.4. The van der Waals surface area contributed by atoms with Gasteiger partial charge in [-0.15, -0.1) is 0 Å². The summed E-state index contributed by atoms with van der Waals surface area (Å²) in [5.74, 6) is -6.14. The lowest BCUT2D eigenvalue weighted by Crippen LogP contribution is -2.60. The number of benzene rings is 3.